The van der Waals surface area contributed by atoms with Crippen LogP contribution in [0, 0.1) is 0 Å². The smallest absolute Gasteiger partial charge is 0.203 e. The lowest BCUT2D eigenvalue weighted by Crippen LogP contribution is -2.48. The fraction of sp³-hybridized carbons (Fsp3) is 0.667. The molecule has 2 rings (SSSR count). The van der Waals surface area contributed by atoms with Crippen molar-refractivity contribution in [1.82, 2.24) is 15.5 Å². The molecule has 0 aliphatic carbocycles. The van der Waals surface area contributed by atoms with E-state index in [4.69, 9.17) is 19.2 Å². The fourth-order valence-corrected chi connectivity index (χ4v) is 3.53. The third-order valence-corrected chi connectivity index (χ3v) is 4.96. The largest absolute Gasteiger partial charge is 0.493 e. The molecule has 0 spiro atoms. The molecule has 0 bridgehead atoms. The molecule has 0 unspecified atom stereocenters. The summed E-state index contributed by atoms with van der Waals surface area (Å²) in [6, 6.07) is 4.35. The number of piperidine rings is 1. The number of aliphatic imine (C=N–C) groups is 1. The van der Waals surface area contributed by atoms with Gasteiger partial charge in [0.15, 0.2) is 17.5 Å². The zero-order chi connectivity index (χ0) is 20.4. The average molecular weight is 520 g/mol. The van der Waals surface area contributed by atoms with Crippen molar-refractivity contribution in [2.45, 2.75) is 45.7 Å². The lowest BCUT2D eigenvalue weighted by Gasteiger charge is -2.32. The molecule has 8 heteroatoms. The summed E-state index contributed by atoms with van der Waals surface area (Å²) in [7, 11) is 4.86. The summed E-state index contributed by atoms with van der Waals surface area (Å²) in [5, 5.41) is 6.95. The van der Waals surface area contributed by atoms with Gasteiger partial charge in [0.25, 0.3) is 0 Å². The number of nitrogens with zero attached hydrogens (tertiary/aromatic N) is 2. The summed E-state index contributed by atoms with van der Waals surface area (Å²) in [6.07, 6.45) is 3.51. The van der Waals surface area contributed by atoms with Crippen molar-refractivity contribution in [3.8, 4) is 17.2 Å². The molecular formula is C21H37IN4O3. The third kappa shape index (κ3) is 7.73. The molecule has 1 aromatic carbocycles. The highest BCUT2D eigenvalue weighted by Gasteiger charge is 2.19. The zero-order valence-electron chi connectivity index (χ0n) is 18.4. The van der Waals surface area contributed by atoms with Crippen LogP contribution < -0.4 is 24.8 Å². The monoisotopic (exact) mass is 520 g/mol. The Kier molecular flexibility index (Phi) is 12.1. The van der Waals surface area contributed by atoms with Crippen LogP contribution in [-0.2, 0) is 6.54 Å². The minimum atomic E-state index is 0. The van der Waals surface area contributed by atoms with Crippen LogP contribution in [0.2, 0.25) is 0 Å². The maximum atomic E-state index is 5.44. The molecule has 1 fully saturated rings. The van der Waals surface area contributed by atoms with Gasteiger partial charge in [0.2, 0.25) is 5.75 Å². The second kappa shape index (κ2) is 13.7. The van der Waals surface area contributed by atoms with E-state index in [1.165, 1.54) is 13.0 Å². The number of nitrogens with one attached hydrogen (secondary N) is 2. The van der Waals surface area contributed by atoms with Crippen molar-refractivity contribution in [3.63, 3.8) is 0 Å². The number of guanidine groups is 1. The van der Waals surface area contributed by atoms with E-state index >= 15 is 0 Å². The van der Waals surface area contributed by atoms with Crippen LogP contribution in [0.15, 0.2) is 17.1 Å². The van der Waals surface area contributed by atoms with Gasteiger partial charge < -0.3 is 29.7 Å². The van der Waals surface area contributed by atoms with Crippen LogP contribution in [0.4, 0.5) is 0 Å². The molecule has 0 radical (unpaired) electrons. The molecule has 1 aromatic rings. The molecule has 0 atom stereocenters. The van der Waals surface area contributed by atoms with Crippen molar-refractivity contribution in [2.24, 2.45) is 4.99 Å². The second-order valence-corrected chi connectivity index (χ2v) is 6.99. The average Bonchev–Trinajstić information content (AvgIpc) is 2.72. The highest BCUT2D eigenvalue weighted by atomic mass is 127. The summed E-state index contributed by atoms with van der Waals surface area (Å²) >= 11 is 0. The lowest BCUT2D eigenvalue weighted by atomic mass is 10.1. The predicted octanol–water partition coefficient (Wildman–Crippen LogP) is 3.26. The molecule has 1 aliphatic rings. The standard InChI is InChI=1S/C21H36N4O3.HI/c1-6-10-25-11-8-17(9-12-25)24-21(22-7-2)23-15-16-13-18(26-3)20(28-5)19(14-16)27-4;/h13-14,17H,6-12,15H2,1-5H3,(H2,22,23,24);1H. The molecule has 1 heterocycles. The molecule has 0 amide bonds. The zero-order valence-corrected chi connectivity index (χ0v) is 20.7. The van der Waals surface area contributed by atoms with Gasteiger partial charge in [0.1, 0.15) is 0 Å². The lowest BCUT2D eigenvalue weighted by molar-refractivity contribution is 0.206. The summed E-state index contributed by atoms with van der Waals surface area (Å²) in [5.41, 5.74) is 1.00. The van der Waals surface area contributed by atoms with Crippen molar-refractivity contribution < 1.29 is 14.2 Å². The molecule has 29 heavy (non-hydrogen) atoms. The molecule has 0 saturated carbocycles. The highest BCUT2D eigenvalue weighted by Crippen LogP contribution is 2.38. The number of hydrogen-bond donors (Lipinski definition) is 2. The number of likely N-dealkylation sites (tertiary alicyclic amines) is 1. The Morgan fingerprint density at radius 3 is 2.17 bits per heavy atom. The number of methoxy groups -OCH3 is 3. The van der Waals surface area contributed by atoms with Gasteiger partial charge >= 0.3 is 0 Å². The Labute approximate surface area is 192 Å². The van der Waals surface area contributed by atoms with Gasteiger partial charge in [-0.15, -0.1) is 24.0 Å². The Morgan fingerprint density at radius 2 is 1.69 bits per heavy atom. The first-order valence-corrected chi connectivity index (χ1v) is 10.2. The number of hydrogen-bond acceptors (Lipinski definition) is 5. The van der Waals surface area contributed by atoms with E-state index in [1.807, 2.05) is 12.1 Å². The maximum Gasteiger partial charge on any atom is 0.203 e. The molecule has 166 valence electrons. The Morgan fingerprint density at radius 1 is 1.07 bits per heavy atom. The van der Waals surface area contributed by atoms with Gasteiger partial charge in [-0.25, -0.2) is 4.99 Å². The minimum absolute atomic E-state index is 0. The van der Waals surface area contributed by atoms with E-state index < -0.39 is 0 Å². The topological polar surface area (TPSA) is 67.4 Å². The van der Waals surface area contributed by atoms with Crippen LogP contribution in [0.5, 0.6) is 17.2 Å². The Balaban J connectivity index is 0.00000420. The van der Waals surface area contributed by atoms with Crippen molar-refractivity contribution >= 4 is 29.9 Å². The number of benzene rings is 1. The number of halogens is 1. The van der Waals surface area contributed by atoms with Crippen molar-refractivity contribution in [3.05, 3.63) is 17.7 Å². The SMILES string of the molecule is CCCN1CCC(NC(=NCc2cc(OC)c(OC)c(OC)c2)NCC)CC1.I. The normalized spacial score (nSPS) is 15.4. The first kappa shape index (κ1) is 25.6. The minimum Gasteiger partial charge on any atom is -0.493 e. The van der Waals surface area contributed by atoms with Crippen LogP contribution in [0.1, 0.15) is 38.7 Å². The first-order chi connectivity index (χ1) is 13.6. The maximum absolute atomic E-state index is 5.44. The van der Waals surface area contributed by atoms with E-state index in [1.54, 1.807) is 21.3 Å². The summed E-state index contributed by atoms with van der Waals surface area (Å²) in [5.74, 6) is 2.74. The molecule has 1 aliphatic heterocycles. The fourth-order valence-electron chi connectivity index (χ4n) is 3.53. The van der Waals surface area contributed by atoms with Gasteiger partial charge in [0, 0.05) is 25.7 Å². The van der Waals surface area contributed by atoms with Gasteiger partial charge in [0.05, 0.1) is 27.9 Å². The Hall–Kier alpha value is -1.42. The summed E-state index contributed by atoms with van der Waals surface area (Å²) in [4.78, 5) is 7.31. The number of rotatable bonds is 9. The molecule has 2 N–H and O–H groups in total. The van der Waals surface area contributed by atoms with E-state index in [0.29, 0.717) is 29.8 Å². The highest BCUT2D eigenvalue weighted by molar-refractivity contribution is 14.0. The molecular weight excluding hydrogens is 483 g/mol. The molecule has 1 saturated heterocycles. The Bertz CT molecular complexity index is 609. The number of ether oxygens (including phenoxy) is 3. The van der Waals surface area contributed by atoms with E-state index in [-0.39, 0.29) is 24.0 Å². The summed E-state index contributed by atoms with van der Waals surface area (Å²) in [6.45, 7) is 9.18. The van der Waals surface area contributed by atoms with E-state index in [9.17, 15) is 0 Å². The first-order valence-electron chi connectivity index (χ1n) is 10.2. The van der Waals surface area contributed by atoms with Crippen molar-refractivity contribution in [1.29, 1.82) is 0 Å². The molecule has 0 aromatic heterocycles. The third-order valence-electron chi connectivity index (χ3n) is 4.96. The van der Waals surface area contributed by atoms with Crippen LogP contribution in [0.25, 0.3) is 0 Å². The van der Waals surface area contributed by atoms with Gasteiger partial charge in [-0.1, -0.05) is 6.92 Å². The van der Waals surface area contributed by atoms with Crippen LogP contribution in [0.3, 0.4) is 0 Å². The second-order valence-electron chi connectivity index (χ2n) is 6.99. The van der Waals surface area contributed by atoms with E-state index in [2.05, 4.69) is 29.4 Å². The quantitative estimate of drug-likeness (QED) is 0.296. The predicted molar refractivity (Wildman–Crippen MR) is 129 cm³/mol. The van der Waals surface area contributed by atoms with Gasteiger partial charge in [-0.2, -0.15) is 0 Å². The van der Waals surface area contributed by atoms with Crippen molar-refractivity contribution in [2.75, 3.05) is 47.5 Å². The van der Waals surface area contributed by atoms with Crippen LogP contribution in [-0.4, -0.2) is 64.4 Å². The van der Waals surface area contributed by atoms with Gasteiger partial charge in [-0.3, -0.25) is 0 Å². The van der Waals surface area contributed by atoms with E-state index in [0.717, 1.165) is 44.0 Å². The summed E-state index contributed by atoms with van der Waals surface area (Å²) < 4.78 is 16.3. The van der Waals surface area contributed by atoms with Gasteiger partial charge in [-0.05, 0) is 50.4 Å². The van der Waals surface area contributed by atoms with Crippen LogP contribution >= 0.6 is 24.0 Å². The molecule has 7 nitrogen and oxygen atoms in total.